The van der Waals surface area contributed by atoms with E-state index in [0.29, 0.717) is 28.2 Å². The van der Waals surface area contributed by atoms with Crippen LogP contribution in [0.1, 0.15) is 78.1 Å². The minimum absolute atomic E-state index is 0.0934. The average Bonchev–Trinajstić information content (AvgIpc) is 3.57. The smallest absolute Gasteiger partial charge is 0.254 e. The van der Waals surface area contributed by atoms with E-state index in [-0.39, 0.29) is 35.6 Å². The molecule has 310 valence electrons. The molecule has 5 heterocycles. The van der Waals surface area contributed by atoms with E-state index < -0.39 is 23.7 Å². The van der Waals surface area contributed by atoms with Crippen molar-refractivity contribution < 1.29 is 23.6 Å². The van der Waals surface area contributed by atoms with Crippen molar-refractivity contribution in [2.75, 3.05) is 80.1 Å². The Morgan fingerprint density at radius 2 is 1.56 bits per heavy atom. The Morgan fingerprint density at radius 1 is 0.881 bits per heavy atom. The zero-order valence-electron chi connectivity index (χ0n) is 33.6. The molecule has 0 radical (unpaired) electrons. The lowest BCUT2D eigenvalue weighted by Gasteiger charge is -2.40. The van der Waals surface area contributed by atoms with Gasteiger partial charge in [0, 0.05) is 101 Å². The number of rotatable bonds is 8. The molecule has 2 atom stereocenters. The summed E-state index contributed by atoms with van der Waals surface area (Å²) >= 11 is 6.38. The summed E-state index contributed by atoms with van der Waals surface area (Å²) in [5.41, 5.74) is 4.32. The third-order valence-corrected chi connectivity index (χ3v) is 13.7. The summed E-state index contributed by atoms with van der Waals surface area (Å²) in [5.74, 6) is -1.68. The number of likely N-dealkylation sites (tertiary alicyclic amines) is 1. The van der Waals surface area contributed by atoms with Gasteiger partial charge in [0.25, 0.3) is 11.8 Å². The highest BCUT2D eigenvalue weighted by molar-refractivity contribution is 6.32. The van der Waals surface area contributed by atoms with E-state index in [9.17, 15) is 24.4 Å². The van der Waals surface area contributed by atoms with Crippen LogP contribution in [0, 0.1) is 28.5 Å². The SMILES string of the molecule is C[C@@H]1CC2(CCN(c3ccc(C(=O)N4CCC(CN5CCN(c6ccc(C(=O)N[C@@H]7CCC(=O)NC7=O)c(F)c6)CC5)CC4)cc3)CC2)CN1c1ccc(C#N)c(Cl)c1. The molecular formula is C45H52ClFN8O4. The van der Waals surface area contributed by atoms with Gasteiger partial charge in [-0.2, -0.15) is 5.26 Å². The fraction of sp³-hybridized carbons (Fsp3) is 0.489. The number of piperazine rings is 1. The number of halogens is 2. The molecule has 4 amide bonds. The van der Waals surface area contributed by atoms with Crippen molar-refractivity contribution in [3.8, 4) is 6.07 Å². The zero-order chi connectivity index (χ0) is 41.3. The van der Waals surface area contributed by atoms with Gasteiger partial charge in [0.1, 0.15) is 17.9 Å². The van der Waals surface area contributed by atoms with Gasteiger partial charge in [-0.05, 0) is 117 Å². The number of imide groups is 1. The molecule has 5 aliphatic rings. The van der Waals surface area contributed by atoms with Crippen molar-refractivity contribution in [1.29, 1.82) is 5.26 Å². The van der Waals surface area contributed by atoms with Gasteiger partial charge in [-0.15, -0.1) is 0 Å². The molecule has 0 saturated carbocycles. The number of carbonyl (C=O) groups excluding carboxylic acids is 4. The molecule has 0 aromatic heterocycles. The first-order valence-electron chi connectivity index (χ1n) is 21.0. The summed E-state index contributed by atoms with van der Waals surface area (Å²) in [6.07, 6.45) is 5.59. The number of nitrogens with one attached hydrogen (secondary N) is 2. The lowest BCUT2D eigenvalue weighted by Crippen LogP contribution is -2.52. The fourth-order valence-corrected chi connectivity index (χ4v) is 10.1. The minimum atomic E-state index is -0.864. The van der Waals surface area contributed by atoms with Crippen LogP contribution in [-0.4, -0.2) is 111 Å². The largest absolute Gasteiger partial charge is 0.371 e. The predicted molar refractivity (Wildman–Crippen MR) is 225 cm³/mol. The maximum absolute atomic E-state index is 15.1. The van der Waals surface area contributed by atoms with Gasteiger partial charge in [0.05, 0.1) is 16.1 Å². The Hall–Kier alpha value is -5.19. The lowest BCUT2D eigenvalue weighted by atomic mass is 9.76. The normalized spacial score (nSPS) is 22.7. The second kappa shape index (κ2) is 17.2. The van der Waals surface area contributed by atoms with Crippen molar-refractivity contribution in [3.63, 3.8) is 0 Å². The fourth-order valence-electron chi connectivity index (χ4n) is 9.86. The molecule has 8 rings (SSSR count). The number of hydrogen-bond donors (Lipinski definition) is 2. The summed E-state index contributed by atoms with van der Waals surface area (Å²) in [4.78, 5) is 61.1. The topological polar surface area (TPSA) is 132 Å². The van der Waals surface area contributed by atoms with Gasteiger partial charge in [-0.1, -0.05) is 11.6 Å². The van der Waals surface area contributed by atoms with Crippen molar-refractivity contribution >= 4 is 52.3 Å². The lowest BCUT2D eigenvalue weighted by molar-refractivity contribution is -0.134. The molecule has 0 aliphatic carbocycles. The Labute approximate surface area is 350 Å². The molecule has 59 heavy (non-hydrogen) atoms. The predicted octanol–water partition coefficient (Wildman–Crippen LogP) is 5.45. The highest BCUT2D eigenvalue weighted by Crippen LogP contribution is 2.46. The van der Waals surface area contributed by atoms with Gasteiger partial charge in [-0.3, -0.25) is 29.4 Å². The van der Waals surface area contributed by atoms with E-state index in [1.807, 2.05) is 35.2 Å². The van der Waals surface area contributed by atoms with Crippen molar-refractivity contribution in [1.82, 2.24) is 20.4 Å². The van der Waals surface area contributed by atoms with E-state index in [2.05, 4.69) is 55.4 Å². The quantitative estimate of drug-likeness (QED) is 0.285. The molecule has 5 aliphatic heterocycles. The molecule has 3 aromatic rings. The average molecular weight is 823 g/mol. The molecule has 14 heteroatoms. The summed E-state index contributed by atoms with van der Waals surface area (Å²) in [6.45, 7) is 10.8. The van der Waals surface area contributed by atoms with E-state index in [4.69, 9.17) is 11.6 Å². The summed E-state index contributed by atoms with van der Waals surface area (Å²) in [5, 5.41) is 14.5. The van der Waals surface area contributed by atoms with Crippen molar-refractivity contribution in [3.05, 3.63) is 88.2 Å². The van der Waals surface area contributed by atoms with Gasteiger partial charge in [0.2, 0.25) is 11.8 Å². The van der Waals surface area contributed by atoms with Crippen molar-refractivity contribution in [2.45, 2.75) is 64.0 Å². The van der Waals surface area contributed by atoms with Crippen LogP contribution < -0.4 is 25.3 Å². The van der Waals surface area contributed by atoms with Crippen LogP contribution in [0.2, 0.25) is 5.02 Å². The van der Waals surface area contributed by atoms with E-state index in [1.54, 1.807) is 6.07 Å². The highest BCUT2D eigenvalue weighted by Gasteiger charge is 2.44. The Morgan fingerprint density at radius 3 is 2.22 bits per heavy atom. The monoisotopic (exact) mass is 822 g/mol. The first-order valence-corrected chi connectivity index (χ1v) is 21.4. The molecule has 12 nitrogen and oxygen atoms in total. The molecular weight excluding hydrogens is 771 g/mol. The van der Waals surface area contributed by atoms with Crippen LogP contribution in [0.3, 0.4) is 0 Å². The number of amides is 4. The molecule has 5 fully saturated rings. The molecule has 0 bridgehead atoms. The van der Waals surface area contributed by atoms with E-state index in [1.165, 1.54) is 12.1 Å². The number of nitrogens with zero attached hydrogens (tertiary/aromatic N) is 6. The summed E-state index contributed by atoms with van der Waals surface area (Å²) in [6, 6.07) is 20.2. The molecule has 0 unspecified atom stereocenters. The molecule has 1 spiro atoms. The van der Waals surface area contributed by atoms with Crippen LogP contribution in [0.4, 0.5) is 21.5 Å². The number of piperidine rings is 3. The first-order chi connectivity index (χ1) is 28.5. The number of nitriles is 1. The van der Waals surface area contributed by atoms with Gasteiger partial charge in [-0.25, -0.2) is 4.39 Å². The number of carbonyl (C=O) groups is 4. The number of anilines is 3. The zero-order valence-corrected chi connectivity index (χ0v) is 34.4. The molecule has 2 N–H and O–H groups in total. The standard InChI is InChI=1S/C45H52ClFN8O4/c1-30-26-45(29-55(30)36-7-4-33(27-48)38(46)24-36)14-18-52(19-15-45)34-5-2-32(3-6-34)44(59)54-16-12-31(13-17-54)28-51-20-22-53(23-21-51)35-8-9-37(39(47)25-35)42(57)49-40-10-11-41(56)50-43(40)58/h2-9,24-25,30-31,40H,10-23,26,28-29H2,1H3,(H,49,57)(H,50,56,58)/t30-,40-/m1/s1. The molecule has 5 saturated heterocycles. The minimum Gasteiger partial charge on any atom is -0.371 e. The van der Waals surface area contributed by atoms with Crippen LogP contribution in [-0.2, 0) is 9.59 Å². The Kier molecular flexibility index (Phi) is 11.8. The summed E-state index contributed by atoms with van der Waals surface area (Å²) in [7, 11) is 0. The summed E-state index contributed by atoms with van der Waals surface area (Å²) < 4.78 is 15.1. The third kappa shape index (κ3) is 8.89. The van der Waals surface area contributed by atoms with Gasteiger partial charge in [0.15, 0.2) is 0 Å². The van der Waals surface area contributed by atoms with E-state index in [0.717, 1.165) is 114 Å². The van der Waals surface area contributed by atoms with Crippen molar-refractivity contribution in [2.24, 2.45) is 11.3 Å². The van der Waals surface area contributed by atoms with Crippen LogP contribution >= 0.6 is 11.6 Å². The first kappa shape index (κ1) is 40.6. The van der Waals surface area contributed by atoms with Gasteiger partial charge < -0.3 is 24.9 Å². The third-order valence-electron chi connectivity index (χ3n) is 13.4. The highest BCUT2D eigenvalue weighted by atomic mass is 35.5. The second-order valence-corrected chi connectivity index (χ2v) is 17.6. The Bertz CT molecular complexity index is 2120. The van der Waals surface area contributed by atoms with Gasteiger partial charge >= 0.3 is 0 Å². The van der Waals surface area contributed by atoms with Crippen LogP contribution in [0.25, 0.3) is 0 Å². The van der Waals surface area contributed by atoms with Crippen LogP contribution in [0.5, 0.6) is 0 Å². The maximum atomic E-state index is 15.1. The second-order valence-electron chi connectivity index (χ2n) is 17.2. The van der Waals surface area contributed by atoms with E-state index >= 15 is 4.39 Å². The maximum Gasteiger partial charge on any atom is 0.254 e. The number of benzene rings is 3. The Balaban J connectivity index is 0.757. The number of hydrogen-bond acceptors (Lipinski definition) is 9. The van der Waals surface area contributed by atoms with Crippen LogP contribution in [0.15, 0.2) is 60.7 Å². The molecule has 3 aromatic carbocycles.